The van der Waals surface area contributed by atoms with Crippen molar-refractivity contribution in [2.45, 2.75) is 18.2 Å². The molecule has 2 rings (SSSR count). The molecule has 78 valence electrons. The smallest absolute Gasteiger partial charge is 0.338 e. The van der Waals surface area contributed by atoms with E-state index >= 15 is 0 Å². The SMILES string of the molecule is COC(=O)c1ccc2c(c1C)SC(=O)C2. The molecular weight excluding hydrogens is 212 g/mol. The summed E-state index contributed by atoms with van der Waals surface area (Å²) in [7, 11) is 1.35. The van der Waals surface area contributed by atoms with Gasteiger partial charge in [-0.05, 0) is 24.1 Å². The highest BCUT2D eigenvalue weighted by Crippen LogP contribution is 2.36. The van der Waals surface area contributed by atoms with Gasteiger partial charge in [0.25, 0.3) is 0 Å². The summed E-state index contributed by atoms with van der Waals surface area (Å²) in [6.45, 7) is 1.84. The number of ether oxygens (including phenoxy) is 1. The van der Waals surface area contributed by atoms with Gasteiger partial charge in [0.2, 0.25) is 0 Å². The summed E-state index contributed by atoms with van der Waals surface area (Å²) < 4.78 is 4.67. The fourth-order valence-electron chi connectivity index (χ4n) is 1.67. The Morgan fingerprint density at radius 2 is 2.20 bits per heavy atom. The highest BCUT2D eigenvalue weighted by Gasteiger charge is 2.24. The van der Waals surface area contributed by atoms with Crippen LogP contribution in [-0.4, -0.2) is 18.2 Å². The number of carbonyl (C=O) groups excluding carboxylic acids is 2. The molecule has 1 aromatic rings. The maximum absolute atomic E-state index is 11.4. The molecule has 0 bridgehead atoms. The number of benzene rings is 1. The summed E-state index contributed by atoms with van der Waals surface area (Å²) in [6.07, 6.45) is 0.461. The van der Waals surface area contributed by atoms with Gasteiger partial charge >= 0.3 is 5.97 Å². The zero-order valence-electron chi connectivity index (χ0n) is 8.49. The summed E-state index contributed by atoms with van der Waals surface area (Å²) in [5.74, 6) is -0.352. The van der Waals surface area contributed by atoms with Gasteiger partial charge in [-0.15, -0.1) is 0 Å². The number of hydrogen-bond donors (Lipinski definition) is 0. The molecule has 0 unspecified atom stereocenters. The lowest BCUT2D eigenvalue weighted by Gasteiger charge is -2.07. The first-order valence-electron chi connectivity index (χ1n) is 4.55. The van der Waals surface area contributed by atoms with Crippen molar-refractivity contribution in [3.05, 3.63) is 28.8 Å². The number of methoxy groups -OCH3 is 1. The summed E-state index contributed by atoms with van der Waals surface area (Å²) >= 11 is 1.21. The maximum atomic E-state index is 11.4. The molecule has 0 saturated carbocycles. The van der Waals surface area contributed by atoms with Crippen LogP contribution in [0.2, 0.25) is 0 Å². The van der Waals surface area contributed by atoms with Crippen LogP contribution in [0.4, 0.5) is 0 Å². The monoisotopic (exact) mass is 222 g/mol. The molecule has 0 aliphatic carbocycles. The summed E-state index contributed by atoms with van der Waals surface area (Å²) in [6, 6.07) is 3.55. The van der Waals surface area contributed by atoms with Crippen LogP contribution in [0.25, 0.3) is 0 Å². The zero-order valence-corrected chi connectivity index (χ0v) is 9.31. The van der Waals surface area contributed by atoms with Gasteiger partial charge < -0.3 is 4.74 Å². The Labute approximate surface area is 91.8 Å². The molecule has 1 aliphatic heterocycles. The average molecular weight is 222 g/mol. The first kappa shape index (κ1) is 10.2. The summed E-state index contributed by atoms with van der Waals surface area (Å²) in [5, 5.41) is 0.134. The van der Waals surface area contributed by atoms with Gasteiger partial charge in [0.1, 0.15) is 0 Å². The van der Waals surface area contributed by atoms with E-state index in [0.717, 1.165) is 16.0 Å². The second kappa shape index (κ2) is 3.70. The highest BCUT2D eigenvalue weighted by molar-refractivity contribution is 8.14. The number of esters is 1. The Kier molecular flexibility index (Phi) is 2.52. The van der Waals surface area contributed by atoms with Crippen molar-refractivity contribution < 1.29 is 14.3 Å². The van der Waals surface area contributed by atoms with Gasteiger partial charge in [-0.3, -0.25) is 4.79 Å². The van der Waals surface area contributed by atoms with Crippen molar-refractivity contribution in [3.8, 4) is 0 Å². The van der Waals surface area contributed by atoms with Crippen LogP contribution in [-0.2, 0) is 16.0 Å². The lowest BCUT2D eigenvalue weighted by molar-refractivity contribution is -0.110. The Hall–Kier alpha value is -1.29. The standard InChI is InChI=1S/C11H10O3S/c1-6-8(11(13)14-2)4-3-7-5-9(12)15-10(6)7/h3-4H,5H2,1-2H3. The summed E-state index contributed by atoms with van der Waals surface area (Å²) in [5.41, 5.74) is 2.39. The van der Waals surface area contributed by atoms with Crippen molar-refractivity contribution in [1.82, 2.24) is 0 Å². The first-order valence-corrected chi connectivity index (χ1v) is 5.36. The molecule has 1 aliphatic rings. The van der Waals surface area contributed by atoms with Crippen LogP contribution in [0.15, 0.2) is 17.0 Å². The number of carbonyl (C=O) groups is 2. The average Bonchev–Trinajstić information content (AvgIpc) is 2.59. The van der Waals surface area contributed by atoms with Gasteiger partial charge in [-0.25, -0.2) is 4.79 Å². The van der Waals surface area contributed by atoms with Gasteiger partial charge in [0, 0.05) is 11.3 Å². The normalized spacial score (nSPS) is 13.9. The molecule has 4 heteroatoms. The first-order chi connectivity index (χ1) is 7.13. The van der Waals surface area contributed by atoms with Crippen LogP contribution in [0.3, 0.4) is 0 Å². The van der Waals surface area contributed by atoms with Crippen LogP contribution in [0, 0.1) is 6.92 Å². The van der Waals surface area contributed by atoms with Crippen molar-refractivity contribution in [3.63, 3.8) is 0 Å². The van der Waals surface area contributed by atoms with E-state index in [9.17, 15) is 9.59 Å². The fraction of sp³-hybridized carbons (Fsp3) is 0.273. The molecule has 1 heterocycles. The Morgan fingerprint density at radius 1 is 1.47 bits per heavy atom. The predicted octanol–water partition coefficient (Wildman–Crippen LogP) is 1.96. The van der Waals surface area contributed by atoms with Crippen LogP contribution in [0.5, 0.6) is 0 Å². The van der Waals surface area contributed by atoms with Crippen molar-refractivity contribution in [1.29, 1.82) is 0 Å². The van der Waals surface area contributed by atoms with E-state index < -0.39 is 0 Å². The largest absolute Gasteiger partial charge is 0.465 e. The molecule has 15 heavy (non-hydrogen) atoms. The van der Waals surface area contributed by atoms with Crippen molar-refractivity contribution in [2.24, 2.45) is 0 Å². The lowest BCUT2D eigenvalue weighted by Crippen LogP contribution is -2.04. The molecule has 0 spiro atoms. The van der Waals surface area contributed by atoms with Crippen molar-refractivity contribution >= 4 is 22.8 Å². The lowest BCUT2D eigenvalue weighted by atomic mass is 10.0. The van der Waals surface area contributed by atoms with Crippen LogP contribution < -0.4 is 0 Å². The van der Waals surface area contributed by atoms with Gasteiger partial charge in [0.05, 0.1) is 12.7 Å². The second-order valence-corrected chi connectivity index (χ2v) is 4.44. The fourth-order valence-corrected chi connectivity index (χ4v) is 2.66. The number of thioether (sulfide) groups is 1. The Morgan fingerprint density at radius 3 is 2.87 bits per heavy atom. The molecule has 0 saturated heterocycles. The Balaban J connectivity index is 2.51. The van der Waals surface area contributed by atoms with Gasteiger partial charge in [-0.2, -0.15) is 0 Å². The minimum absolute atomic E-state index is 0.134. The minimum atomic E-state index is -0.352. The number of rotatable bonds is 1. The predicted molar refractivity (Wildman–Crippen MR) is 57.1 cm³/mol. The van der Waals surface area contributed by atoms with E-state index in [1.54, 1.807) is 6.07 Å². The molecule has 3 nitrogen and oxygen atoms in total. The quantitative estimate of drug-likeness (QED) is 0.681. The number of fused-ring (bicyclic) bond motifs is 1. The van der Waals surface area contributed by atoms with Crippen LogP contribution >= 0.6 is 11.8 Å². The maximum Gasteiger partial charge on any atom is 0.338 e. The number of hydrogen-bond acceptors (Lipinski definition) is 4. The zero-order chi connectivity index (χ0) is 11.0. The van der Waals surface area contributed by atoms with E-state index in [1.165, 1.54) is 18.9 Å². The van der Waals surface area contributed by atoms with E-state index in [-0.39, 0.29) is 11.1 Å². The molecule has 0 atom stereocenters. The third-order valence-electron chi connectivity index (χ3n) is 2.44. The third kappa shape index (κ3) is 1.65. The van der Waals surface area contributed by atoms with Gasteiger partial charge in [0.15, 0.2) is 5.12 Å². The van der Waals surface area contributed by atoms with Crippen molar-refractivity contribution in [2.75, 3.05) is 7.11 Å². The second-order valence-electron chi connectivity index (χ2n) is 3.37. The summed E-state index contributed by atoms with van der Waals surface area (Å²) in [4.78, 5) is 23.6. The topological polar surface area (TPSA) is 43.4 Å². The highest BCUT2D eigenvalue weighted by atomic mass is 32.2. The molecular formula is C11H10O3S. The van der Waals surface area contributed by atoms with E-state index in [4.69, 9.17) is 0 Å². The van der Waals surface area contributed by atoms with E-state index in [0.29, 0.717) is 12.0 Å². The third-order valence-corrected chi connectivity index (χ3v) is 3.59. The molecule has 0 fully saturated rings. The molecule has 0 N–H and O–H groups in total. The molecule has 0 amide bonds. The molecule has 0 radical (unpaired) electrons. The molecule has 0 aromatic heterocycles. The van der Waals surface area contributed by atoms with Gasteiger partial charge in [-0.1, -0.05) is 17.8 Å². The minimum Gasteiger partial charge on any atom is -0.465 e. The van der Waals surface area contributed by atoms with Crippen LogP contribution in [0.1, 0.15) is 21.5 Å². The van der Waals surface area contributed by atoms with E-state index in [2.05, 4.69) is 4.74 Å². The molecule has 1 aromatic carbocycles. The Bertz CT molecular complexity index is 451. The van der Waals surface area contributed by atoms with E-state index in [1.807, 2.05) is 13.0 Å².